The molecule has 0 aliphatic rings. The SMILES string of the molecule is C=Cc1cc2ncccn2n1. The maximum atomic E-state index is 4.17. The van der Waals surface area contributed by atoms with Gasteiger partial charge in [0.1, 0.15) is 0 Å². The van der Waals surface area contributed by atoms with Crippen molar-refractivity contribution in [3.63, 3.8) is 0 Å². The Labute approximate surface area is 64.0 Å². The smallest absolute Gasteiger partial charge is 0.155 e. The lowest BCUT2D eigenvalue weighted by molar-refractivity contribution is 0.933. The molecule has 0 saturated heterocycles. The fourth-order valence-electron chi connectivity index (χ4n) is 0.948. The number of aromatic nitrogens is 3. The van der Waals surface area contributed by atoms with Crippen molar-refractivity contribution < 1.29 is 0 Å². The van der Waals surface area contributed by atoms with Crippen molar-refractivity contribution in [2.24, 2.45) is 0 Å². The number of nitrogens with zero attached hydrogens (tertiary/aromatic N) is 3. The van der Waals surface area contributed by atoms with Crippen LogP contribution in [-0.4, -0.2) is 14.6 Å². The summed E-state index contributed by atoms with van der Waals surface area (Å²) in [5.41, 5.74) is 1.70. The third-order valence-corrected chi connectivity index (χ3v) is 1.46. The van der Waals surface area contributed by atoms with Gasteiger partial charge in [-0.25, -0.2) is 9.50 Å². The highest BCUT2D eigenvalue weighted by Crippen LogP contribution is 2.02. The molecule has 2 rings (SSSR count). The van der Waals surface area contributed by atoms with Crippen molar-refractivity contribution in [2.75, 3.05) is 0 Å². The van der Waals surface area contributed by atoms with Gasteiger partial charge in [-0.05, 0) is 12.1 Å². The zero-order valence-corrected chi connectivity index (χ0v) is 5.94. The Balaban J connectivity index is 2.78. The summed E-state index contributed by atoms with van der Waals surface area (Å²) in [7, 11) is 0. The van der Waals surface area contributed by atoms with Crippen LogP contribution in [0.3, 0.4) is 0 Å². The lowest BCUT2D eigenvalue weighted by Gasteiger charge is -1.86. The molecule has 0 saturated carbocycles. The molecule has 0 fully saturated rings. The Morgan fingerprint density at radius 1 is 1.55 bits per heavy atom. The Bertz CT molecular complexity index is 356. The van der Waals surface area contributed by atoms with E-state index in [2.05, 4.69) is 16.7 Å². The van der Waals surface area contributed by atoms with Crippen LogP contribution < -0.4 is 0 Å². The summed E-state index contributed by atoms with van der Waals surface area (Å²) in [6, 6.07) is 3.72. The second-order valence-corrected chi connectivity index (χ2v) is 2.20. The normalized spacial score (nSPS) is 10.2. The minimum absolute atomic E-state index is 0.849. The van der Waals surface area contributed by atoms with E-state index in [0.717, 1.165) is 11.3 Å². The van der Waals surface area contributed by atoms with Crippen molar-refractivity contribution in [1.29, 1.82) is 0 Å². The second kappa shape index (κ2) is 2.20. The van der Waals surface area contributed by atoms with Crippen LogP contribution in [0.5, 0.6) is 0 Å². The Hall–Kier alpha value is -1.64. The van der Waals surface area contributed by atoms with Crippen LogP contribution in [0.15, 0.2) is 31.1 Å². The largest absolute Gasteiger partial charge is 0.237 e. The van der Waals surface area contributed by atoms with E-state index in [1.165, 1.54) is 0 Å². The molecule has 11 heavy (non-hydrogen) atoms. The van der Waals surface area contributed by atoms with Crippen molar-refractivity contribution in [3.8, 4) is 0 Å². The van der Waals surface area contributed by atoms with Gasteiger partial charge < -0.3 is 0 Å². The van der Waals surface area contributed by atoms with Crippen LogP contribution in [0.2, 0.25) is 0 Å². The van der Waals surface area contributed by atoms with E-state index in [1.54, 1.807) is 16.8 Å². The molecule has 2 aromatic rings. The van der Waals surface area contributed by atoms with Gasteiger partial charge in [-0.15, -0.1) is 0 Å². The summed E-state index contributed by atoms with van der Waals surface area (Å²) in [4.78, 5) is 4.10. The summed E-state index contributed by atoms with van der Waals surface area (Å²) >= 11 is 0. The van der Waals surface area contributed by atoms with E-state index >= 15 is 0 Å². The maximum Gasteiger partial charge on any atom is 0.155 e. The predicted octanol–water partition coefficient (Wildman–Crippen LogP) is 1.37. The van der Waals surface area contributed by atoms with Gasteiger partial charge in [-0.1, -0.05) is 6.58 Å². The van der Waals surface area contributed by atoms with Gasteiger partial charge in [-0.3, -0.25) is 0 Å². The van der Waals surface area contributed by atoms with E-state index in [0.29, 0.717) is 0 Å². The molecule has 0 aliphatic carbocycles. The minimum atomic E-state index is 0.849. The number of rotatable bonds is 1. The maximum absolute atomic E-state index is 4.17. The fraction of sp³-hybridized carbons (Fsp3) is 0. The average Bonchev–Trinajstić information content (AvgIpc) is 2.46. The minimum Gasteiger partial charge on any atom is -0.237 e. The van der Waals surface area contributed by atoms with Crippen molar-refractivity contribution in [1.82, 2.24) is 14.6 Å². The summed E-state index contributed by atoms with van der Waals surface area (Å²) in [6.45, 7) is 3.62. The summed E-state index contributed by atoms with van der Waals surface area (Å²) in [5.74, 6) is 0. The number of fused-ring (bicyclic) bond motifs is 1. The first-order valence-electron chi connectivity index (χ1n) is 3.33. The van der Waals surface area contributed by atoms with Crippen LogP contribution in [0, 0.1) is 0 Å². The van der Waals surface area contributed by atoms with Crippen LogP contribution in [-0.2, 0) is 0 Å². The van der Waals surface area contributed by atoms with Crippen LogP contribution >= 0.6 is 0 Å². The third-order valence-electron chi connectivity index (χ3n) is 1.46. The van der Waals surface area contributed by atoms with E-state index in [9.17, 15) is 0 Å². The summed E-state index contributed by atoms with van der Waals surface area (Å²) < 4.78 is 1.72. The highest BCUT2D eigenvalue weighted by molar-refractivity contribution is 5.50. The third kappa shape index (κ3) is 0.902. The summed E-state index contributed by atoms with van der Waals surface area (Å²) in [6.07, 6.45) is 5.30. The van der Waals surface area contributed by atoms with Crippen molar-refractivity contribution in [3.05, 3.63) is 36.8 Å². The molecule has 2 aromatic heterocycles. The Morgan fingerprint density at radius 3 is 3.18 bits per heavy atom. The molecule has 0 amide bonds. The second-order valence-electron chi connectivity index (χ2n) is 2.20. The molecule has 0 aromatic carbocycles. The summed E-state index contributed by atoms with van der Waals surface area (Å²) in [5, 5.41) is 4.17. The van der Waals surface area contributed by atoms with Gasteiger partial charge in [0.25, 0.3) is 0 Å². The topological polar surface area (TPSA) is 30.2 Å². The lowest BCUT2D eigenvalue weighted by Crippen LogP contribution is -1.86. The fourth-order valence-corrected chi connectivity index (χ4v) is 0.948. The first-order valence-corrected chi connectivity index (χ1v) is 3.33. The average molecular weight is 145 g/mol. The van der Waals surface area contributed by atoms with Gasteiger partial charge in [0.15, 0.2) is 5.65 Å². The highest BCUT2D eigenvalue weighted by Gasteiger charge is 1.95. The highest BCUT2D eigenvalue weighted by atomic mass is 15.2. The molecular weight excluding hydrogens is 138 g/mol. The standard InChI is InChI=1S/C8H7N3/c1-2-7-6-8-9-4-3-5-11(8)10-7/h2-6H,1H2. The van der Waals surface area contributed by atoms with E-state index < -0.39 is 0 Å². The van der Waals surface area contributed by atoms with Gasteiger partial charge in [-0.2, -0.15) is 5.10 Å². The van der Waals surface area contributed by atoms with E-state index in [4.69, 9.17) is 0 Å². The van der Waals surface area contributed by atoms with Gasteiger partial charge in [0, 0.05) is 18.5 Å². The lowest BCUT2D eigenvalue weighted by atomic mass is 10.4. The first kappa shape index (κ1) is 6.09. The zero-order chi connectivity index (χ0) is 7.68. The van der Waals surface area contributed by atoms with Crippen LogP contribution in [0.4, 0.5) is 0 Å². The molecule has 0 bridgehead atoms. The molecule has 0 unspecified atom stereocenters. The van der Waals surface area contributed by atoms with Crippen molar-refractivity contribution >= 4 is 11.7 Å². The predicted molar refractivity (Wildman–Crippen MR) is 43.1 cm³/mol. The Kier molecular flexibility index (Phi) is 1.22. The molecule has 2 heterocycles. The zero-order valence-electron chi connectivity index (χ0n) is 5.94. The van der Waals surface area contributed by atoms with E-state index in [-0.39, 0.29) is 0 Å². The number of hydrogen-bond acceptors (Lipinski definition) is 2. The quantitative estimate of drug-likeness (QED) is 0.606. The molecule has 0 spiro atoms. The molecular formula is C8H7N3. The van der Waals surface area contributed by atoms with Gasteiger partial charge in [0.2, 0.25) is 0 Å². The Morgan fingerprint density at radius 2 is 2.45 bits per heavy atom. The van der Waals surface area contributed by atoms with Crippen LogP contribution in [0.25, 0.3) is 11.7 Å². The van der Waals surface area contributed by atoms with Gasteiger partial charge in [0.05, 0.1) is 5.69 Å². The molecule has 0 aliphatic heterocycles. The first-order chi connectivity index (χ1) is 5.40. The molecule has 0 N–H and O–H groups in total. The molecule has 0 radical (unpaired) electrons. The van der Waals surface area contributed by atoms with E-state index in [1.807, 2.05) is 18.3 Å². The van der Waals surface area contributed by atoms with Gasteiger partial charge >= 0.3 is 0 Å². The molecule has 54 valence electrons. The van der Waals surface area contributed by atoms with Crippen molar-refractivity contribution in [2.45, 2.75) is 0 Å². The van der Waals surface area contributed by atoms with Crippen LogP contribution in [0.1, 0.15) is 5.69 Å². The number of hydrogen-bond donors (Lipinski definition) is 0. The monoisotopic (exact) mass is 145 g/mol. The molecule has 0 atom stereocenters. The molecule has 3 heteroatoms. The molecule has 3 nitrogen and oxygen atoms in total.